The predicted molar refractivity (Wildman–Crippen MR) is 116 cm³/mol. The molecule has 1 aliphatic heterocycles. The number of rotatable bonds is 7. The summed E-state index contributed by atoms with van der Waals surface area (Å²) in [6.45, 7) is 5.32. The standard InChI is InChI=1S/C22H32N6O/c1-14(2)20-24-21(26-22(25-20)27(3)4)23-18-11-12-28(16-9-10-16)19(18)15-7-6-8-17(13-15)29-5/h6-8,13-14,16,18-19H,9-12H2,1-5H3,(H,23,24,25,26). The van der Waals surface area contributed by atoms with Crippen LogP contribution in [0.15, 0.2) is 24.3 Å². The zero-order valence-electron chi connectivity index (χ0n) is 18.1. The van der Waals surface area contributed by atoms with Crippen molar-refractivity contribution >= 4 is 11.9 Å². The first-order valence-corrected chi connectivity index (χ1v) is 10.6. The van der Waals surface area contributed by atoms with Crippen LogP contribution in [0.5, 0.6) is 5.75 Å². The number of benzene rings is 1. The summed E-state index contributed by atoms with van der Waals surface area (Å²) in [5.74, 6) is 3.34. The molecular weight excluding hydrogens is 364 g/mol. The Bertz CT molecular complexity index is 825. The highest BCUT2D eigenvalue weighted by molar-refractivity contribution is 5.40. The van der Waals surface area contributed by atoms with Gasteiger partial charge in [-0.2, -0.15) is 15.0 Å². The molecule has 2 aliphatic rings. The molecule has 1 saturated carbocycles. The highest BCUT2D eigenvalue weighted by Gasteiger charge is 2.43. The van der Waals surface area contributed by atoms with E-state index in [0.29, 0.717) is 24.0 Å². The van der Waals surface area contributed by atoms with Gasteiger partial charge in [0.25, 0.3) is 0 Å². The second-order valence-electron chi connectivity index (χ2n) is 8.60. The lowest BCUT2D eigenvalue weighted by Gasteiger charge is -2.29. The molecule has 2 heterocycles. The third kappa shape index (κ3) is 4.29. The van der Waals surface area contributed by atoms with Crippen molar-refractivity contribution in [3.8, 4) is 5.75 Å². The zero-order chi connectivity index (χ0) is 20.5. The molecule has 2 unspecified atom stereocenters. The van der Waals surface area contributed by atoms with Gasteiger partial charge in [-0.15, -0.1) is 0 Å². The minimum atomic E-state index is 0.248. The molecular formula is C22H32N6O. The Morgan fingerprint density at radius 2 is 1.93 bits per heavy atom. The maximum Gasteiger partial charge on any atom is 0.229 e. The van der Waals surface area contributed by atoms with Gasteiger partial charge >= 0.3 is 0 Å². The lowest BCUT2D eigenvalue weighted by atomic mass is 9.99. The largest absolute Gasteiger partial charge is 0.497 e. The van der Waals surface area contributed by atoms with Crippen LogP contribution in [-0.2, 0) is 0 Å². The maximum absolute atomic E-state index is 5.49. The average molecular weight is 397 g/mol. The highest BCUT2D eigenvalue weighted by atomic mass is 16.5. The van der Waals surface area contributed by atoms with Crippen molar-refractivity contribution in [3.05, 3.63) is 35.7 Å². The van der Waals surface area contributed by atoms with Crippen LogP contribution in [0, 0.1) is 0 Å². The van der Waals surface area contributed by atoms with E-state index in [1.807, 2.05) is 25.1 Å². The van der Waals surface area contributed by atoms with Crippen LogP contribution in [0.3, 0.4) is 0 Å². The molecule has 1 N–H and O–H groups in total. The topological polar surface area (TPSA) is 66.4 Å². The molecule has 1 aromatic heterocycles. The van der Waals surface area contributed by atoms with Crippen molar-refractivity contribution in [1.82, 2.24) is 19.9 Å². The Labute approximate surface area is 173 Å². The van der Waals surface area contributed by atoms with Crippen molar-refractivity contribution in [2.75, 3.05) is 38.0 Å². The van der Waals surface area contributed by atoms with E-state index < -0.39 is 0 Å². The summed E-state index contributed by atoms with van der Waals surface area (Å²) in [5.41, 5.74) is 1.29. The van der Waals surface area contributed by atoms with E-state index in [9.17, 15) is 0 Å². The average Bonchev–Trinajstić information content (AvgIpc) is 3.48. The first-order chi connectivity index (χ1) is 14.0. The molecule has 0 amide bonds. The Kier molecular flexibility index (Phi) is 5.58. The van der Waals surface area contributed by atoms with E-state index in [1.165, 1.54) is 18.4 Å². The summed E-state index contributed by atoms with van der Waals surface area (Å²) in [4.78, 5) is 18.6. The molecule has 0 spiro atoms. The molecule has 0 radical (unpaired) electrons. The van der Waals surface area contributed by atoms with E-state index >= 15 is 0 Å². The van der Waals surface area contributed by atoms with Crippen molar-refractivity contribution < 1.29 is 4.74 Å². The Morgan fingerprint density at radius 1 is 1.14 bits per heavy atom. The monoisotopic (exact) mass is 396 g/mol. The molecule has 0 bridgehead atoms. The van der Waals surface area contributed by atoms with Crippen LogP contribution < -0.4 is 15.0 Å². The molecule has 4 rings (SSSR count). The molecule has 1 aromatic carbocycles. The van der Waals surface area contributed by atoms with E-state index in [2.05, 4.69) is 52.2 Å². The van der Waals surface area contributed by atoms with Gasteiger partial charge in [0.1, 0.15) is 11.6 Å². The smallest absolute Gasteiger partial charge is 0.229 e. The van der Waals surface area contributed by atoms with Gasteiger partial charge in [0.05, 0.1) is 13.2 Å². The molecule has 1 aliphatic carbocycles. The normalized spacial score (nSPS) is 22.1. The highest BCUT2D eigenvalue weighted by Crippen LogP contribution is 2.42. The Hall–Kier alpha value is -2.41. The van der Waals surface area contributed by atoms with E-state index in [1.54, 1.807) is 7.11 Å². The van der Waals surface area contributed by atoms with Crippen molar-refractivity contribution in [3.63, 3.8) is 0 Å². The predicted octanol–water partition coefficient (Wildman–Crippen LogP) is 3.46. The summed E-state index contributed by atoms with van der Waals surface area (Å²) in [6, 6.07) is 9.70. The van der Waals surface area contributed by atoms with Crippen LogP contribution in [0.1, 0.15) is 56.5 Å². The number of aromatic nitrogens is 3. The van der Waals surface area contributed by atoms with Crippen LogP contribution in [-0.4, -0.2) is 59.7 Å². The summed E-state index contributed by atoms with van der Waals surface area (Å²) in [6.07, 6.45) is 3.65. The maximum atomic E-state index is 5.49. The number of methoxy groups -OCH3 is 1. The second-order valence-corrected chi connectivity index (χ2v) is 8.60. The molecule has 2 atom stereocenters. The van der Waals surface area contributed by atoms with Gasteiger partial charge in [0, 0.05) is 38.6 Å². The van der Waals surface area contributed by atoms with Gasteiger partial charge < -0.3 is 15.0 Å². The lowest BCUT2D eigenvalue weighted by molar-refractivity contribution is 0.240. The van der Waals surface area contributed by atoms with E-state index in [-0.39, 0.29) is 12.0 Å². The first-order valence-electron chi connectivity index (χ1n) is 10.6. The third-order valence-corrected chi connectivity index (χ3v) is 5.76. The zero-order valence-corrected chi connectivity index (χ0v) is 18.1. The van der Waals surface area contributed by atoms with Gasteiger partial charge in [0.15, 0.2) is 0 Å². The Balaban J connectivity index is 1.64. The van der Waals surface area contributed by atoms with Crippen LogP contribution in [0.25, 0.3) is 0 Å². The summed E-state index contributed by atoms with van der Waals surface area (Å²) < 4.78 is 5.49. The number of hydrogen-bond acceptors (Lipinski definition) is 7. The fourth-order valence-corrected chi connectivity index (χ4v) is 4.10. The number of ether oxygens (including phenoxy) is 1. The van der Waals surface area contributed by atoms with Crippen molar-refractivity contribution in [1.29, 1.82) is 0 Å². The fourth-order valence-electron chi connectivity index (χ4n) is 4.10. The third-order valence-electron chi connectivity index (χ3n) is 5.76. The van der Waals surface area contributed by atoms with Crippen LogP contribution >= 0.6 is 0 Å². The minimum Gasteiger partial charge on any atom is -0.497 e. The molecule has 156 valence electrons. The van der Waals surface area contributed by atoms with Crippen LogP contribution in [0.2, 0.25) is 0 Å². The molecule has 1 saturated heterocycles. The van der Waals surface area contributed by atoms with E-state index in [4.69, 9.17) is 9.72 Å². The second kappa shape index (κ2) is 8.14. The van der Waals surface area contributed by atoms with Crippen LogP contribution in [0.4, 0.5) is 11.9 Å². The Morgan fingerprint density at radius 3 is 2.59 bits per heavy atom. The number of nitrogens with one attached hydrogen (secondary N) is 1. The molecule has 7 heteroatoms. The number of anilines is 2. The summed E-state index contributed by atoms with van der Waals surface area (Å²) in [7, 11) is 5.66. The molecule has 2 fully saturated rings. The van der Waals surface area contributed by atoms with Gasteiger partial charge in [-0.1, -0.05) is 26.0 Å². The first kappa shape index (κ1) is 19.9. The number of nitrogens with zero attached hydrogens (tertiary/aromatic N) is 5. The van der Waals surface area contributed by atoms with Gasteiger partial charge in [-0.05, 0) is 37.0 Å². The number of hydrogen-bond donors (Lipinski definition) is 1. The van der Waals surface area contributed by atoms with Gasteiger partial charge in [0.2, 0.25) is 11.9 Å². The lowest BCUT2D eigenvalue weighted by Crippen LogP contribution is -2.33. The summed E-state index contributed by atoms with van der Waals surface area (Å²) >= 11 is 0. The van der Waals surface area contributed by atoms with Crippen molar-refractivity contribution in [2.45, 2.75) is 57.2 Å². The van der Waals surface area contributed by atoms with Gasteiger partial charge in [-0.3, -0.25) is 4.90 Å². The molecule has 29 heavy (non-hydrogen) atoms. The molecule has 2 aromatic rings. The van der Waals surface area contributed by atoms with Crippen molar-refractivity contribution in [2.24, 2.45) is 0 Å². The fraction of sp³-hybridized carbons (Fsp3) is 0.591. The van der Waals surface area contributed by atoms with E-state index in [0.717, 1.165) is 24.5 Å². The number of likely N-dealkylation sites (tertiary alicyclic amines) is 1. The quantitative estimate of drug-likeness (QED) is 0.769. The van der Waals surface area contributed by atoms with Gasteiger partial charge in [-0.25, -0.2) is 0 Å². The summed E-state index contributed by atoms with van der Waals surface area (Å²) in [5, 5.41) is 3.66. The SMILES string of the molecule is COc1cccc(C2C(Nc3nc(C(C)C)nc(N(C)C)n3)CCN2C2CC2)c1. The molecule has 7 nitrogen and oxygen atoms in total. The minimum absolute atomic E-state index is 0.248.